The number of benzene rings is 2. The summed E-state index contributed by atoms with van der Waals surface area (Å²) in [5, 5.41) is 20.2. The van der Waals surface area contributed by atoms with Crippen LogP contribution in [0.3, 0.4) is 0 Å². The van der Waals surface area contributed by atoms with Gasteiger partial charge in [-0.05, 0) is 61.1 Å². The number of phenolic OH excluding ortho intramolecular Hbond substituents is 2. The number of hydrogen-bond acceptors (Lipinski definition) is 2. The second-order valence-corrected chi connectivity index (χ2v) is 7.74. The van der Waals surface area contributed by atoms with Crippen LogP contribution in [0.4, 0.5) is 0 Å². The Morgan fingerprint density at radius 2 is 1.71 bits per heavy atom. The first-order valence-corrected chi connectivity index (χ1v) is 9.11. The largest absolute Gasteiger partial charge is 0.508 e. The molecule has 2 atom stereocenters. The van der Waals surface area contributed by atoms with E-state index < -0.39 is 0 Å². The fourth-order valence-electron chi connectivity index (χ4n) is 3.87. The molecular weight excluding hydrogens is 343 g/mol. The third-order valence-corrected chi connectivity index (χ3v) is 6.17. The average molecular weight is 365 g/mol. The van der Waals surface area contributed by atoms with Crippen molar-refractivity contribution < 1.29 is 10.2 Å². The van der Waals surface area contributed by atoms with E-state index in [-0.39, 0.29) is 22.3 Å². The van der Waals surface area contributed by atoms with Crippen molar-refractivity contribution in [3.05, 3.63) is 57.6 Å². The molecule has 128 valence electrons. The van der Waals surface area contributed by atoms with Crippen molar-refractivity contribution in [2.24, 2.45) is 0 Å². The van der Waals surface area contributed by atoms with Gasteiger partial charge in [-0.3, -0.25) is 0 Å². The van der Waals surface area contributed by atoms with E-state index in [4.69, 9.17) is 23.2 Å². The van der Waals surface area contributed by atoms with Crippen molar-refractivity contribution in [1.29, 1.82) is 0 Å². The average Bonchev–Trinajstić information content (AvgIpc) is 2.55. The first-order chi connectivity index (χ1) is 11.4. The molecule has 2 aromatic rings. The number of alkyl halides is 1. The highest BCUT2D eigenvalue weighted by molar-refractivity contribution is 6.32. The first-order valence-electron chi connectivity index (χ1n) is 8.30. The Hall–Kier alpha value is -1.38. The van der Waals surface area contributed by atoms with Gasteiger partial charge in [0.1, 0.15) is 11.5 Å². The Morgan fingerprint density at radius 1 is 1.00 bits per heavy atom. The lowest BCUT2D eigenvalue weighted by Crippen LogP contribution is -2.40. The van der Waals surface area contributed by atoms with Crippen LogP contribution in [0.15, 0.2) is 30.3 Å². The summed E-state index contributed by atoms with van der Waals surface area (Å²) in [6.07, 6.45) is 4.05. The number of aryl methyl sites for hydroxylation is 2. The highest BCUT2D eigenvalue weighted by Crippen LogP contribution is 2.49. The Balaban J connectivity index is 2.25. The van der Waals surface area contributed by atoms with E-state index in [2.05, 4.69) is 0 Å². The van der Waals surface area contributed by atoms with Crippen LogP contribution in [0.1, 0.15) is 47.9 Å². The molecule has 3 rings (SSSR count). The van der Waals surface area contributed by atoms with E-state index in [1.165, 1.54) is 0 Å². The zero-order valence-electron chi connectivity index (χ0n) is 13.9. The molecule has 2 unspecified atom stereocenters. The van der Waals surface area contributed by atoms with Gasteiger partial charge in [0.15, 0.2) is 0 Å². The third kappa shape index (κ3) is 2.76. The van der Waals surface area contributed by atoms with Crippen molar-refractivity contribution in [3.8, 4) is 11.5 Å². The predicted molar refractivity (Wildman–Crippen MR) is 99.6 cm³/mol. The number of aromatic hydroxyl groups is 2. The summed E-state index contributed by atoms with van der Waals surface area (Å²) >= 11 is 13.1. The summed E-state index contributed by atoms with van der Waals surface area (Å²) in [6.45, 7) is 3.75. The Kier molecular flexibility index (Phi) is 4.72. The van der Waals surface area contributed by atoms with Crippen LogP contribution in [0.5, 0.6) is 11.5 Å². The molecule has 0 amide bonds. The number of hydrogen-bond donors (Lipinski definition) is 2. The maximum absolute atomic E-state index is 10.0. The first kappa shape index (κ1) is 17.4. The monoisotopic (exact) mass is 364 g/mol. The van der Waals surface area contributed by atoms with E-state index in [9.17, 15) is 10.2 Å². The summed E-state index contributed by atoms with van der Waals surface area (Å²) in [5.74, 6) is 0.412. The molecule has 0 aromatic heterocycles. The van der Waals surface area contributed by atoms with Gasteiger partial charge in [0, 0.05) is 10.8 Å². The molecular formula is C20H22Cl2O2. The third-order valence-electron chi connectivity index (χ3n) is 5.29. The summed E-state index contributed by atoms with van der Waals surface area (Å²) in [5.41, 5.74) is 3.36. The summed E-state index contributed by atoms with van der Waals surface area (Å²) in [6, 6.07) is 9.54. The van der Waals surface area contributed by atoms with Gasteiger partial charge in [-0.15, -0.1) is 11.6 Å². The molecule has 24 heavy (non-hydrogen) atoms. The molecule has 1 saturated carbocycles. The molecule has 0 saturated heterocycles. The second-order valence-electron chi connectivity index (χ2n) is 6.81. The van der Waals surface area contributed by atoms with Crippen LogP contribution < -0.4 is 0 Å². The molecule has 2 aromatic carbocycles. The van der Waals surface area contributed by atoms with Crippen molar-refractivity contribution >= 4 is 23.2 Å². The molecule has 1 aliphatic carbocycles. The highest BCUT2D eigenvalue weighted by atomic mass is 35.5. The van der Waals surface area contributed by atoms with Gasteiger partial charge >= 0.3 is 0 Å². The van der Waals surface area contributed by atoms with Crippen LogP contribution in [0.2, 0.25) is 5.02 Å². The van der Waals surface area contributed by atoms with E-state index in [1.807, 2.05) is 38.1 Å². The van der Waals surface area contributed by atoms with Crippen LogP contribution >= 0.6 is 23.2 Å². The van der Waals surface area contributed by atoms with E-state index in [0.717, 1.165) is 47.9 Å². The molecule has 0 spiro atoms. The van der Waals surface area contributed by atoms with Gasteiger partial charge in [-0.2, -0.15) is 0 Å². The quantitative estimate of drug-likeness (QED) is 0.657. The van der Waals surface area contributed by atoms with Gasteiger partial charge in [0.25, 0.3) is 0 Å². The number of halogens is 2. The number of phenols is 2. The zero-order chi connectivity index (χ0) is 17.5. The van der Waals surface area contributed by atoms with Crippen molar-refractivity contribution in [2.75, 3.05) is 0 Å². The minimum Gasteiger partial charge on any atom is -0.508 e. The fraction of sp³-hybridized carbons (Fsp3) is 0.400. The zero-order valence-corrected chi connectivity index (χ0v) is 15.5. The van der Waals surface area contributed by atoms with Crippen LogP contribution in [-0.2, 0) is 5.41 Å². The Morgan fingerprint density at radius 3 is 2.33 bits per heavy atom. The molecule has 0 heterocycles. The summed E-state index contributed by atoms with van der Waals surface area (Å²) < 4.78 is 0. The van der Waals surface area contributed by atoms with E-state index in [0.29, 0.717) is 5.02 Å². The topological polar surface area (TPSA) is 40.5 Å². The molecule has 1 fully saturated rings. The Bertz CT molecular complexity index is 749. The SMILES string of the molecule is Cc1cc(C2(c3cc(C)c(O)c(Cl)c3)CCCCC2Cl)ccc1O. The van der Waals surface area contributed by atoms with Gasteiger partial charge in [0.05, 0.1) is 5.02 Å². The fourth-order valence-corrected chi connectivity index (χ4v) is 4.66. The lowest BCUT2D eigenvalue weighted by atomic mass is 9.64. The van der Waals surface area contributed by atoms with Crippen LogP contribution in [0, 0.1) is 13.8 Å². The van der Waals surface area contributed by atoms with Crippen molar-refractivity contribution in [1.82, 2.24) is 0 Å². The minimum absolute atomic E-state index is 0.0600. The summed E-state index contributed by atoms with van der Waals surface area (Å²) in [7, 11) is 0. The minimum atomic E-state index is -0.361. The van der Waals surface area contributed by atoms with E-state index in [1.54, 1.807) is 6.07 Å². The van der Waals surface area contributed by atoms with E-state index >= 15 is 0 Å². The van der Waals surface area contributed by atoms with Gasteiger partial charge in [0.2, 0.25) is 0 Å². The van der Waals surface area contributed by atoms with Crippen LogP contribution in [-0.4, -0.2) is 15.6 Å². The van der Waals surface area contributed by atoms with Crippen molar-refractivity contribution in [2.45, 2.75) is 50.3 Å². The molecule has 2 N–H and O–H groups in total. The van der Waals surface area contributed by atoms with Gasteiger partial charge < -0.3 is 10.2 Å². The van der Waals surface area contributed by atoms with Gasteiger partial charge in [-0.25, -0.2) is 0 Å². The molecule has 0 radical (unpaired) electrons. The lowest BCUT2D eigenvalue weighted by Gasteiger charge is -2.43. The molecule has 4 heteroatoms. The lowest BCUT2D eigenvalue weighted by molar-refractivity contribution is 0.352. The molecule has 0 aliphatic heterocycles. The molecule has 0 bridgehead atoms. The number of rotatable bonds is 2. The standard InChI is InChI=1S/C20H22Cl2O2/c1-12-9-14(6-7-17(12)23)20(8-4-3-5-18(20)22)15-10-13(2)19(24)16(21)11-15/h6-7,9-11,18,23-24H,3-5,8H2,1-2H3. The maximum atomic E-state index is 10.0. The Labute approximate surface area is 153 Å². The molecule has 2 nitrogen and oxygen atoms in total. The van der Waals surface area contributed by atoms with Crippen molar-refractivity contribution in [3.63, 3.8) is 0 Å². The maximum Gasteiger partial charge on any atom is 0.137 e. The molecule has 1 aliphatic rings. The smallest absolute Gasteiger partial charge is 0.137 e. The predicted octanol–water partition coefficient (Wildman–Crippen LogP) is 5.84. The van der Waals surface area contributed by atoms with Gasteiger partial charge in [-0.1, -0.05) is 42.6 Å². The highest BCUT2D eigenvalue weighted by Gasteiger charge is 2.43. The van der Waals surface area contributed by atoms with Crippen LogP contribution in [0.25, 0.3) is 0 Å². The summed E-state index contributed by atoms with van der Waals surface area (Å²) in [4.78, 5) is 0. The second kappa shape index (κ2) is 6.50. The normalized spacial score (nSPS) is 24.1.